The van der Waals surface area contributed by atoms with Crippen molar-refractivity contribution < 1.29 is 15.0 Å². The van der Waals surface area contributed by atoms with Crippen molar-refractivity contribution in [2.24, 2.45) is 5.92 Å². The molecule has 0 rings (SSSR count). The normalized spacial score (nSPS) is 12.5. The average molecular weight is 186 g/mol. The van der Waals surface area contributed by atoms with Gasteiger partial charge in [0.1, 0.15) is 0 Å². The molecule has 0 aromatic carbocycles. The second kappa shape index (κ2) is 6.66. The third-order valence-corrected chi connectivity index (χ3v) is 2.10. The van der Waals surface area contributed by atoms with E-state index in [0.717, 1.165) is 19.3 Å². The summed E-state index contributed by atoms with van der Waals surface area (Å²) in [4.78, 5) is 10.4. The van der Waals surface area contributed by atoms with Crippen LogP contribution in [0.3, 0.4) is 0 Å². The lowest BCUT2D eigenvalue weighted by Crippen LogP contribution is -2.02. The number of hydrogen-bond donors (Lipinski definition) is 2. The minimum atomic E-state index is -0.908. The number of aliphatic hydroxyl groups is 1. The van der Waals surface area contributed by atoms with Crippen LogP contribution >= 0.6 is 0 Å². The van der Waals surface area contributed by atoms with Crippen LogP contribution in [0, 0.1) is 5.92 Å². The van der Waals surface area contributed by atoms with Crippen molar-refractivity contribution in [2.75, 3.05) is 6.61 Å². The van der Waals surface area contributed by atoms with Gasteiger partial charge in [-0.05, 0) is 31.6 Å². The first-order valence-corrected chi connectivity index (χ1v) is 4.59. The first kappa shape index (κ1) is 12.2. The van der Waals surface area contributed by atoms with Crippen molar-refractivity contribution in [3.8, 4) is 0 Å². The van der Waals surface area contributed by atoms with Crippen LogP contribution in [0.15, 0.2) is 12.2 Å². The third-order valence-electron chi connectivity index (χ3n) is 2.10. The summed E-state index contributed by atoms with van der Waals surface area (Å²) >= 11 is 0. The first-order valence-electron chi connectivity index (χ1n) is 4.59. The topological polar surface area (TPSA) is 57.5 Å². The highest BCUT2D eigenvalue weighted by Crippen LogP contribution is 2.15. The van der Waals surface area contributed by atoms with Crippen molar-refractivity contribution in [1.29, 1.82) is 0 Å². The molecule has 0 aliphatic carbocycles. The fourth-order valence-electron chi connectivity index (χ4n) is 1.11. The summed E-state index contributed by atoms with van der Waals surface area (Å²) < 4.78 is 0. The minimum absolute atomic E-state index is 0.213. The maximum atomic E-state index is 10.4. The molecule has 13 heavy (non-hydrogen) atoms. The molecular weight excluding hydrogens is 168 g/mol. The molecular formula is C10H18O3. The van der Waals surface area contributed by atoms with Gasteiger partial charge in [0.15, 0.2) is 0 Å². The molecule has 2 N–H and O–H groups in total. The lowest BCUT2D eigenvalue weighted by Gasteiger charge is -2.09. The van der Waals surface area contributed by atoms with Gasteiger partial charge >= 0.3 is 5.97 Å². The molecule has 0 aliphatic heterocycles. The first-order chi connectivity index (χ1) is 6.07. The Kier molecular flexibility index (Phi) is 6.24. The van der Waals surface area contributed by atoms with E-state index in [-0.39, 0.29) is 12.2 Å². The van der Waals surface area contributed by atoms with Gasteiger partial charge in [0.25, 0.3) is 0 Å². The largest absolute Gasteiger partial charge is 0.478 e. The van der Waals surface area contributed by atoms with E-state index in [4.69, 9.17) is 10.2 Å². The second-order valence-corrected chi connectivity index (χ2v) is 3.42. The fraction of sp³-hybridized carbons (Fsp3) is 0.700. The number of aliphatic hydroxyl groups excluding tert-OH is 1. The molecule has 3 heteroatoms. The summed E-state index contributed by atoms with van der Waals surface area (Å²) in [5.74, 6) is -0.447. The lowest BCUT2D eigenvalue weighted by atomic mass is 9.97. The zero-order chi connectivity index (χ0) is 10.3. The number of carboxylic acid groups (broad SMARTS) is 1. The van der Waals surface area contributed by atoms with Gasteiger partial charge in [0, 0.05) is 12.2 Å². The zero-order valence-electron chi connectivity index (χ0n) is 8.12. The van der Waals surface area contributed by atoms with E-state index in [0.29, 0.717) is 12.3 Å². The summed E-state index contributed by atoms with van der Waals surface area (Å²) in [7, 11) is 0. The van der Waals surface area contributed by atoms with Crippen LogP contribution in [0.1, 0.15) is 32.6 Å². The van der Waals surface area contributed by atoms with Crippen LogP contribution in [-0.4, -0.2) is 22.8 Å². The highest BCUT2D eigenvalue weighted by Gasteiger charge is 2.07. The maximum absolute atomic E-state index is 10.4. The molecule has 0 heterocycles. The predicted molar refractivity (Wildman–Crippen MR) is 51.5 cm³/mol. The van der Waals surface area contributed by atoms with Crippen molar-refractivity contribution >= 4 is 5.97 Å². The van der Waals surface area contributed by atoms with E-state index in [1.54, 1.807) is 0 Å². The summed E-state index contributed by atoms with van der Waals surface area (Å²) in [6.45, 7) is 5.73. The van der Waals surface area contributed by atoms with Gasteiger partial charge in [-0.3, -0.25) is 0 Å². The summed E-state index contributed by atoms with van der Waals surface area (Å²) in [6, 6.07) is 0. The van der Waals surface area contributed by atoms with Gasteiger partial charge in [-0.15, -0.1) is 0 Å². The zero-order valence-corrected chi connectivity index (χ0v) is 8.12. The summed E-state index contributed by atoms with van der Waals surface area (Å²) in [6.07, 6.45) is 3.12. The van der Waals surface area contributed by atoms with E-state index >= 15 is 0 Å². The SMILES string of the molecule is C=C(CCC(C)CCCO)C(=O)O. The molecule has 0 amide bonds. The van der Waals surface area contributed by atoms with Crippen LogP contribution in [0.25, 0.3) is 0 Å². The molecule has 0 spiro atoms. The van der Waals surface area contributed by atoms with Crippen molar-refractivity contribution in [2.45, 2.75) is 32.6 Å². The van der Waals surface area contributed by atoms with Gasteiger partial charge in [-0.2, -0.15) is 0 Å². The van der Waals surface area contributed by atoms with Crippen LogP contribution in [0.4, 0.5) is 0 Å². The van der Waals surface area contributed by atoms with Crippen molar-refractivity contribution in [1.82, 2.24) is 0 Å². The number of aliphatic carboxylic acids is 1. The number of rotatable bonds is 7. The Morgan fingerprint density at radius 1 is 1.46 bits per heavy atom. The number of carbonyl (C=O) groups is 1. The van der Waals surface area contributed by atoms with E-state index in [2.05, 4.69) is 13.5 Å². The van der Waals surface area contributed by atoms with Crippen LogP contribution in [0.2, 0.25) is 0 Å². The predicted octanol–water partition coefficient (Wildman–Crippen LogP) is 1.82. The van der Waals surface area contributed by atoms with Gasteiger partial charge in [0.05, 0.1) is 0 Å². The Morgan fingerprint density at radius 2 is 2.08 bits per heavy atom. The van der Waals surface area contributed by atoms with Gasteiger partial charge in [-0.1, -0.05) is 13.5 Å². The highest BCUT2D eigenvalue weighted by molar-refractivity contribution is 5.85. The van der Waals surface area contributed by atoms with E-state index in [9.17, 15) is 4.79 Å². The molecule has 0 aliphatic rings. The Hall–Kier alpha value is -0.830. The molecule has 3 nitrogen and oxygen atoms in total. The molecule has 0 bridgehead atoms. The summed E-state index contributed by atoms with van der Waals surface area (Å²) in [5, 5.41) is 17.1. The van der Waals surface area contributed by atoms with Crippen molar-refractivity contribution in [3.05, 3.63) is 12.2 Å². The quantitative estimate of drug-likeness (QED) is 0.596. The number of hydrogen-bond acceptors (Lipinski definition) is 2. The molecule has 0 fully saturated rings. The third kappa shape index (κ3) is 6.34. The van der Waals surface area contributed by atoms with Gasteiger partial charge < -0.3 is 10.2 Å². The Morgan fingerprint density at radius 3 is 2.54 bits per heavy atom. The molecule has 0 saturated heterocycles. The molecule has 1 unspecified atom stereocenters. The van der Waals surface area contributed by atoms with Crippen LogP contribution < -0.4 is 0 Å². The molecule has 0 aromatic rings. The molecule has 76 valence electrons. The smallest absolute Gasteiger partial charge is 0.330 e. The minimum Gasteiger partial charge on any atom is -0.478 e. The van der Waals surface area contributed by atoms with Crippen molar-refractivity contribution in [3.63, 3.8) is 0 Å². The Labute approximate surface area is 79.1 Å². The standard InChI is InChI=1S/C10H18O3/c1-8(4-3-7-11)5-6-9(2)10(12)13/h8,11H,2-7H2,1H3,(H,12,13). The van der Waals surface area contributed by atoms with Gasteiger partial charge in [0.2, 0.25) is 0 Å². The fourth-order valence-corrected chi connectivity index (χ4v) is 1.11. The lowest BCUT2D eigenvalue weighted by molar-refractivity contribution is -0.132. The molecule has 1 atom stereocenters. The van der Waals surface area contributed by atoms with E-state index in [1.165, 1.54) is 0 Å². The second-order valence-electron chi connectivity index (χ2n) is 3.42. The average Bonchev–Trinajstić information content (AvgIpc) is 2.10. The molecule has 0 saturated carbocycles. The maximum Gasteiger partial charge on any atom is 0.330 e. The van der Waals surface area contributed by atoms with Gasteiger partial charge in [-0.25, -0.2) is 4.79 Å². The van der Waals surface area contributed by atoms with Crippen LogP contribution in [-0.2, 0) is 4.79 Å². The van der Waals surface area contributed by atoms with E-state index in [1.807, 2.05) is 0 Å². The summed E-state index contributed by atoms with van der Waals surface area (Å²) in [5.41, 5.74) is 0.274. The van der Waals surface area contributed by atoms with Crippen LogP contribution in [0.5, 0.6) is 0 Å². The highest BCUT2D eigenvalue weighted by atomic mass is 16.4. The molecule has 0 aromatic heterocycles. The monoisotopic (exact) mass is 186 g/mol. The van der Waals surface area contributed by atoms with E-state index < -0.39 is 5.97 Å². The Bertz CT molecular complexity index is 175. The Balaban J connectivity index is 3.51. The molecule has 0 radical (unpaired) electrons. The number of carboxylic acids is 1.